The molecule has 10 heteroatoms. The summed E-state index contributed by atoms with van der Waals surface area (Å²) < 4.78 is 11.9. The lowest BCUT2D eigenvalue weighted by Crippen LogP contribution is -2.45. The van der Waals surface area contributed by atoms with E-state index in [2.05, 4.69) is 0 Å². The van der Waals surface area contributed by atoms with Crippen molar-refractivity contribution in [3.05, 3.63) is 187 Å². The minimum absolute atomic E-state index is 0.0281. The van der Waals surface area contributed by atoms with Gasteiger partial charge >= 0.3 is 11.9 Å². The van der Waals surface area contributed by atoms with E-state index >= 15 is 0 Å². The number of rotatable bonds is 8. The van der Waals surface area contributed by atoms with E-state index in [1.54, 1.807) is 84.9 Å². The fourth-order valence-electron chi connectivity index (χ4n) is 7.28. The number of hydrogen-bond donors (Lipinski definition) is 0. The average Bonchev–Trinajstić information content (AvgIpc) is 3.99. The molecule has 6 aromatic rings. The number of ketones is 4. The fraction of sp³-hybridized carbons (Fsp3) is 0.0667. The monoisotopic (exact) mass is 758 g/mol. The Hall–Kier alpha value is -6.62. The van der Waals surface area contributed by atoms with Gasteiger partial charge in [-0.05, 0) is 35.4 Å². The number of allylic oxidation sites excluding steroid dienone is 2. The number of esters is 2. The highest BCUT2D eigenvalue weighted by Crippen LogP contribution is 2.58. The maximum absolute atomic E-state index is 14.8. The van der Waals surface area contributed by atoms with Crippen LogP contribution in [0.5, 0.6) is 0 Å². The largest absolute Gasteiger partial charge is 0.459 e. The standard InChI is InChI=1S/C45H26O8S2/c46-37-29-15-7-8-16-30(29)38(47)33(37)19-27-21-35-41(54-27)42-36(22-28(55-42)20-34-39(48)31-17-9-10-18-32(31)40(34)49)45(35,43(50)52-23-25-11-3-1-4-12-25)44(51)53-24-26-13-5-2-6-14-26/h1-22H,23-24H2. The van der Waals surface area contributed by atoms with Crippen LogP contribution in [0.4, 0.5) is 0 Å². The Labute approximate surface area is 322 Å². The van der Waals surface area contributed by atoms with Gasteiger partial charge in [0, 0.05) is 43.1 Å². The van der Waals surface area contributed by atoms with Gasteiger partial charge in [0.15, 0.2) is 23.1 Å². The van der Waals surface area contributed by atoms with Gasteiger partial charge in [0.2, 0.25) is 5.41 Å². The Morgan fingerprint density at radius 1 is 0.491 bits per heavy atom. The first-order valence-electron chi connectivity index (χ1n) is 17.3. The molecule has 0 bridgehead atoms. The molecular weight excluding hydrogens is 733 g/mol. The Morgan fingerprint density at radius 3 is 1.16 bits per heavy atom. The van der Waals surface area contributed by atoms with Gasteiger partial charge in [0.1, 0.15) is 13.2 Å². The quantitative estimate of drug-likeness (QED) is 0.0656. The minimum atomic E-state index is -2.13. The van der Waals surface area contributed by atoms with Gasteiger partial charge in [-0.1, -0.05) is 109 Å². The van der Waals surface area contributed by atoms with Crippen LogP contribution in [0.25, 0.3) is 21.9 Å². The van der Waals surface area contributed by atoms with Crippen molar-refractivity contribution in [2.45, 2.75) is 18.6 Å². The highest BCUT2D eigenvalue weighted by Gasteiger charge is 2.60. The third kappa shape index (κ3) is 5.48. The van der Waals surface area contributed by atoms with E-state index < -0.39 is 40.5 Å². The van der Waals surface area contributed by atoms with E-state index in [-0.39, 0.29) is 35.5 Å². The first-order chi connectivity index (χ1) is 26.8. The van der Waals surface area contributed by atoms with E-state index in [4.69, 9.17) is 9.47 Å². The lowest BCUT2D eigenvalue weighted by atomic mass is 9.79. The molecule has 0 spiro atoms. The Kier molecular flexibility index (Phi) is 8.29. The number of carbonyl (C=O) groups is 6. The molecular formula is C45H26O8S2. The molecule has 3 aliphatic rings. The van der Waals surface area contributed by atoms with Crippen LogP contribution >= 0.6 is 22.7 Å². The Bertz CT molecular complexity index is 2450. The predicted octanol–water partition coefficient (Wildman–Crippen LogP) is 8.49. The molecule has 55 heavy (non-hydrogen) atoms. The molecule has 0 amide bonds. The molecule has 0 fully saturated rings. The lowest BCUT2D eigenvalue weighted by Gasteiger charge is -2.26. The van der Waals surface area contributed by atoms with Crippen LogP contribution in [-0.2, 0) is 37.7 Å². The zero-order valence-electron chi connectivity index (χ0n) is 28.7. The minimum Gasteiger partial charge on any atom is -0.459 e. The summed E-state index contributed by atoms with van der Waals surface area (Å²) in [5.74, 6) is -3.43. The van der Waals surface area contributed by atoms with Gasteiger partial charge in [-0.3, -0.25) is 28.8 Å². The fourth-order valence-corrected chi connectivity index (χ4v) is 9.76. The molecule has 9 rings (SSSR count). The van der Waals surface area contributed by atoms with Crippen LogP contribution in [-0.4, -0.2) is 35.1 Å². The highest BCUT2D eigenvalue weighted by atomic mass is 32.1. The van der Waals surface area contributed by atoms with Crippen molar-refractivity contribution < 1.29 is 38.2 Å². The molecule has 2 heterocycles. The summed E-state index contributed by atoms with van der Waals surface area (Å²) >= 11 is 2.41. The van der Waals surface area contributed by atoms with E-state index in [0.29, 0.717) is 52.9 Å². The van der Waals surface area contributed by atoms with Gasteiger partial charge in [0.05, 0.1) is 20.9 Å². The van der Waals surface area contributed by atoms with E-state index in [1.807, 2.05) is 36.4 Å². The van der Waals surface area contributed by atoms with E-state index in [0.717, 1.165) is 0 Å². The van der Waals surface area contributed by atoms with Crippen molar-refractivity contribution in [1.29, 1.82) is 0 Å². The van der Waals surface area contributed by atoms with Crippen molar-refractivity contribution in [1.82, 2.24) is 0 Å². The SMILES string of the molecule is O=C1C(=Cc2cc3c(s2)-c2sc(C=C4C(=O)c5ccccc5C4=O)cc2C3(C(=O)OCc2ccccc2)C(=O)OCc2ccccc2)C(=O)c2ccccc21. The van der Waals surface area contributed by atoms with Gasteiger partial charge in [-0.15, -0.1) is 22.7 Å². The van der Waals surface area contributed by atoms with E-state index in [9.17, 15) is 28.8 Å². The first kappa shape index (κ1) is 34.2. The smallest absolute Gasteiger partial charge is 0.333 e. The van der Waals surface area contributed by atoms with Crippen molar-refractivity contribution in [3.63, 3.8) is 0 Å². The molecule has 0 atom stereocenters. The van der Waals surface area contributed by atoms with Crippen LogP contribution in [0.2, 0.25) is 0 Å². The second kappa shape index (κ2) is 13.3. The van der Waals surface area contributed by atoms with Gasteiger partial charge in [-0.25, -0.2) is 0 Å². The second-order valence-electron chi connectivity index (χ2n) is 13.2. The van der Waals surface area contributed by atoms with Crippen LogP contribution in [0.3, 0.4) is 0 Å². The number of ether oxygens (including phenoxy) is 2. The molecule has 0 aliphatic heterocycles. The summed E-state index contributed by atoms with van der Waals surface area (Å²) in [6.07, 6.45) is 2.98. The molecule has 0 N–H and O–H groups in total. The average molecular weight is 759 g/mol. The summed E-state index contributed by atoms with van der Waals surface area (Å²) in [5, 5.41) is 0. The molecule has 8 nitrogen and oxygen atoms in total. The van der Waals surface area contributed by atoms with Gasteiger partial charge < -0.3 is 9.47 Å². The number of hydrogen-bond acceptors (Lipinski definition) is 10. The zero-order chi connectivity index (χ0) is 37.8. The molecule has 0 saturated carbocycles. The normalized spacial score (nSPS) is 14.7. The van der Waals surface area contributed by atoms with Gasteiger partial charge in [-0.2, -0.15) is 0 Å². The van der Waals surface area contributed by atoms with Crippen molar-refractivity contribution in [2.24, 2.45) is 0 Å². The number of Topliss-reactive ketones (excluding diaryl/α,β-unsaturated/α-hetero) is 4. The molecule has 0 unspecified atom stereocenters. The van der Waals surface area contributed by atoms with Crippen molar-refractivity contribution in [2.75, 3.05) is 0 Å². The summed E-state index contributed by atoms with van der Waals surface area (Å²) in [5.41, 5.74) is 1.02. The second-order valence-corrected chi connectivity index (χ2v) is 15.3. The number of fused-ring (bicyclic) bond motifs is 5. The number of thiophene rings is 2. The van der Waals surface area contributed by atoms with Crippen LogP contribution in [0, 0.1) is 0 Å². The molecule has 0 saturated heterocycles. The van der Waals surface area contributed by atoms with Crippen molar-refractivity contribution in [3.8, 4) is 9.75 Å². The summed E-state index contributed by atoms with van der Waals surface area (Å²) in [6, 6.07) is 34.6. The topological polar surface area (TPSA) is 121 Å². The molecule has 266 valence electrons. The van der Waals surface area contributed by atoms with Crippen LogP contribution < -0.4 is 0 Å². The molecule has 2 aromatic heterocycles. The maximum Gasteiger partial charge on any atom is 0.333 e. The molecule has 3 aliphatic carbocycles. The number of carbonyl (C=O) groups excluding carboxylic acids is 6. The first-order valence-corrected chi connectivity index (χ1v) is 18.9. The number of benzene rings is 4. The maximum atomic E-state index is 14.8. The molecule has 4 aromatic carbocycles. The summed E-state index contributed by atoms with van der Waals surface area (Å²) in [7, 11) is 0. The Balaban J connectivity index is 1.20. The highest BCUT2D eigenvalue weighted by molar-refractivity contribution is 7.23. The molecule has 0 radical (unpaired) electrons. The van der Waals surface area contributed by atoms with E-state index in [1.165, 1.54) is 34.8 Å². The third-order valence-electron chi connectivity index (χ3n) is 9.94. The van der Waals surface area contributed by atoms with Crippen LogP contribution in [0.15, 0.2) is 132 Å². The van der Waals surface area contributed by atoms with Crippen molar-refractivity contribution >= 4 is 69.9 Å². The van der Waals surface area contributed by atoms with Gasteiger partial charge in [0.25, 0.3) is 0 Å². The predicted molar refractivity (Wildman–Crippen MR) is 207 cm³/mol. The van der Waals surface area contributed by atoms with Crippen LogP contribution in [0.1, 0.15) is 73.4 Å². The zero-order valence-corrected chi connectivity index (χ0v) is 30.3. The Morgan fingerprint density at radius 2 is 0.818 bits per heavy atom. The lowest BCUT2D eigenvalue weighted by molar-refractivity contribution is -0.164. The summed E-state index contributed by atoms with van der Waals surface area (Å²) in [6.45, 7) is -0.272. The third-order valence-corrected chi connectivity index (χ3v) is 12.3. The summed E-state index contributed by atoms with van der Waals surface area (Å²) in [4.78, 5) is 85.0.